The maximum Gasteiger partial charge on any atom is 0.469 e. The first-order valence-electron chi connectivity index (χ1n) is 11.6. The molecule has 2 N–H and O–H groups in total. The van der Waals surface area contributed by atoms with E-state index >= 15 is 0 Å². The number of esters is 1. The summed E-state index contributed by atoms with van der Waals surface area (Å²) >= 11 is 0. The zero-order chi connectivity index (χ0) is 22.9. The number of carbonyl (C=O) groups excluding carboxylic acids is 1. The van der Waals surface area contributed by atoms with Gasteiger partial charge in [0.1, 0.15) is 0 Å². The Morgan fingerprint density at radius 3 is 1.90 bits per heavy atom. The molecule has 8 heteroatoms. The molecule has 1 unspecified atom stereocenters. The van der Waals surface area contributed by atoms with E-state index in [1.54, 1.807) is 13.0 Å². The van der Waals surface area contributed by atoms with Gasteiger partial charge in [0, 0.05) is 18.9 Å². The van der Waals surface area contributed by atoms with Gasteiger partial charge in [0.25, 0.3) is 0 Å². The van der Waals surface area contributed by atoms with Gasteiger partial charge in [0.2, 0.25) is 0 Å². The molecule has 0 heterocycles. The van der Waals surface area contributed by atoms with Gasteiger partial charge in [-0.2, -0.15) is 0 Å². The first-order valence-corrected chi connectivity index (χ1v) is 13.1. The van der Waals surface area contributed by atoms with E-state index in [1.807, 2.05) is 0 Å². The average Bonchev–Trinajstić information content (AvgIpc) is 2.69. The van der Waals surface area contributed by atoms with E-state index in [4.69, 9.17) is 19.0 Å². The summed E-state index contributed by atoms with van der Waals surface area (Å²) in [5.41, 5.74) is 0. The largest absolute Gasteiger partial charge is 0.469 e. The Labute approximate surface area is 183 Å². The van der Waals surface area contributed by atoms with E-state index in [2.05, 4.69) is 20.8 Å². The molecule has 0 spiro atoms. The van der Waals surface area contributed by atoms with Crippen LogP contribution in [0, 0.1) is 0 Å². The standard InChI is InChI=1S/C22H44NO6P/c1-5-9-16-23(17-10-6-2,18-11-7-3)21(15-20-29-30(25,26)27)14-12-19-28-22(24)13-8-4/h8,13,21H,5-7,9-12,14-20H2,1-4H3,(H-,25,26,27)/p+1. The minimum Gasteiger partial charge on any atom is -0.463 e. The van der Waals surface area contributed by atoms with Crippen LogP contribution in [0.5, 0.6) is 0 Å². The number of hydrogen-bond acceptors (Lipinski definition) is 4. The van der Waals surface area contributed by atoms with Crippen LogP contribution < -0.4 is 0 Å². The molecule has 1 atom stereocenters. The summed E-state index contributed by atoms with van der Waals surface area (Å²) in [6.07, 6.45) is 12.0. The average molecular weight is 451 g/mol. The molecule has 0 aromatic carbocycles. The van der Waals surface area contributed by atoms with E-state index in [1.165, 1.54) is 6.08 Å². The van der Waals surface area contributed by atoms with Crippen LogP contribution in [0.15, 0.2) is 12.2 Å². The Bertz CT molecular complexity index is 498. The van der Waals surface area contributed by atoms with E-state index in [-0.39, 0.29) is 18.6 Å². The Hall–Kier alpha value is -0.720. The number of hydrogen-bond donors (Lipinski definition) is 2. The summed E-state index contributed by atoms with van der Waals surface area (Å²) in [4.78, 5) is 29.8. The van der Waals surface area contributed by atoms with Crippen LogP contribution in [0.4, 0.5) is 0 Å². The van der Waals surface area contributed by atoms with E-state index < -0.39 is 7.82 Å². The zero-order valence-electron chi connectivity index (χ0n) is 19.6. The highest BCUT2D eigenvalue weighted by molar-refractivity contribution is 7.46. The Morgan fingerprint density at radius 2 is 1.47 bits per heavy atom. The highest BCUT2D eigenvalue weighted by Gasteiger charge is 2.35. The molecular weight excluding hydrogens is 405 g/mol. The number of allylic oxidation sites excluding steroid dienone is 1. The van der Waals surface area contributed by atoms with Crippen molar-refractivity contribution in [2.45, 2.75) is 91.5 Å². The lowest BCUT2D eigenvalue weighted by molar-refractivity contribution is -0.952. The van der Waals surface area contributed by atoms with Crippen LogP contribution in [0.25, 0.3) is 0 Å². The predicted molar refractivity (Wildman–Crippen MR) is 121 cm³/mol. The highest BCUT2D eigenvalue weighted by atomic mass is 31.2. The van der Waals surface area contributed by atoms with Crippen molar-refractivity contribution >= 4 is 13.8 Å². The van der Waals surface area contributed by atoms with Crippen molar-refractivity contribution < 1.29 is 32.9 Å². The van der Waals surface area contributed by atoms with Crippen LogP contribution in [-0.4, -0.2) is 59.1 Å². The first-order chi connectivity index (χ1) is 14.2. The summed E-state index contributed by atoms with van der Waals surface area (Å²) in [6, 6.07) is 0.224. The molecule has 0 rings (SSSR count). The Morgan fingerprint density at radius 1 is 0.933 bits per heavy atom. The van der Waals surface area contributed by atoms with Crippen molar-refractivity contribution in [3.8, 4) is 0 Å². The monoisotopic (exact) mass is 450 g/mol. The van der Waals surface area contributed by atoms with Gasteiger partial charge >= 0.3 is 13.8 Å². The molecular formula is C22H45NO6P+. The number of phosphoric acid groups is 1. The molecule has 0 saturated carbocycles. The molecule has 0 aliphatic rings. The Kier molecular flexibility index (Phi) is 16.5. The number of phosphoric ester groups is 1. The molecule has 7 nitrogen and oxygen atoms in total. The third-order valence-corrected chi connectivity index (χ3v) is 6.10. The molecule has 178 valence electrons. The summed E-state index contributed by atoms with van der Waals surface area (Å²) < 4.78 is 22.2. The fraction of sp³-hybridized carbons (Fsp3) is 0.864. The highest BCUT2D eigenvalue weighted by Crippen LogP contribution is 2.36. The molecule has 0 amide bonds. The minimum absolute atomic E-state index is 0.0394. The molecule has 0 saturated heterocycles. The van der Waals surface area contributed by atoms with Crippen LogP contribution in [0.1, 0.15) is 85.5 Å². The fourth-order valence-corrected chi connectivity index (χ4v) is 4.32. The number of carbonyl (C=O) groups is 1. The lowest BCUT2D eigenvalue weighted by Crippen LogP contribution is -2.57. The molecule has 0 radical (unpaired) electrons. The first kappa shape index (κ1) is 29.3. The number of rotatable bonds is 19. The number of unbranched alkanes of at least 4 members (excludes halogenated alkanes) is 3. The van der Waals surface area contributed by atoms with Crippen LogP contribution >= 0.6 is 7.82 Å². The molecule has 0 bridgehead atoms. The number of nitrogens with zero attached hydrogens (tertiary/aromatic N) is 1. The predicted octanol–water partition coefficient (Wildman–Crippen LogP) is 4.97. The minimum atomic E-state index is -4.47. The van der Waals surface area contributed by atoms with Crippen LogP contribution in [0.3, 0.4) is 0 Å². The maximum atomic E-state index is 11.6. The second kappa shape index (κ2) is 16.9. The van der Waals surface area contributed by atoms with Crippen molar-refractivity contribution in [2.75, 3.05) is 32.8 Å². The second-order valence-corrected chi connectivity index (χ2v) is 9.27. The third kappa shape index (κ3) is 13.6. The summed E-state index contributed by atoms with van der Waals surface area (Å²) in [5.74, 6) is -0.331. The lowest BCUT2D eigenvalue weighted by atomic mass is 9.99. The quantitative estimate of drug-likeness (QED) is 0.0949. The van der Waals surface area contributed by atoms with Crippen molar-refractivity contribution in [3.05, 3.63) is 12.2 Å². The van der Waals surface area contributed by atoms with Gasteiger partial charge in [-0.15, -0.1) is 0 Å². The summed E-state index contributed by atoms with van der Waals surface area (Å²) in [6.45, 7) is 12.0. The van der Waals surface area contributed by atoms with E-state index in [0.717, 1.165) is 75.5 Å². The Balaban J connectivity index is 5.38. The zero-order valence-corrected chi connectivity index (χ0v) is 20.4. The van der Waals surface area contributed by atoms with Crippen molar-refractivity contribution in [1.82, 2.24) is 0 Å². The smallest absolute Gasteiger partial charge is 0.463 e. The summed E-state index contributed by atoms with van der Waals surface area (Å²) in [7, 11) is -4.47. The van der Waals surface area contributed by atoms with Gasteiger partial charge in [-0.1, -0.05) is 46.1 Å². The normalized spacial score (nSPS) is 13.7. The SMILES string of the molecule is CC=CC(=O)OCCCC(CCOP(=O)(O)O)[N+](CCCC)(CCCC)CCCC. The summed E-state index contributed by atoms with van der Waals surface area (Å²) in [5, 5.41) is 0. The van der Waals surface area contributed by atoms with Crippen molar-refractivity contribution in [2.24, 2.45) is 0 Å². The molecule has 0 aliphatic heterocycles. The molecule has 0 fully saturated rings. The maximum absolute atomic E-state index is 11.6. The molecule has 0 aromatic heterocycles. The second-order valence-electron chi connectivity index (χ2n) is 8.03. The van der Waals surface area contributed by atoms with Gasteiger partial charge in [0.05, 0.1) is 38.9 Å². The number of ether oxygens (including phenoxy) is 1. The van der Waals surface area contributed by atoms with E-state index in [9.17, 15) is 9.36 Å². The van der Waals surface area contributed by atoms with Crippen LogP contribution in [-0.2, 0) is 18.6 Å². The third-order valence-electron chi connectivity index (χ3n) is 5.58. The van der Waals surface area contributed by atoms with Gasteiger partial charge in [0.15, 0.2) is 0 Å². The molecule has 30 heavy (non-hydrogen) atoms. The lowest BCUT2D eigenvalue weighted by Gasteiger charge is -2.46. The fourth-order valence-electron chi connectivity index (χ4n) is 3.98. The van der Waals surface area contributed by atoms with Gasteiger partial charge in [-0.05, 0) is 32.6 Å². The van der Waals surface area contributed by atoms with Gasteiger partial charge < -0.3 is 19.0 Å². The topological polar surface area (TPSA) is 93.1 Å². The van der Waals surface area contributed by atoms with Crippen molar-refractivity contribution in [3.63, 3.8) is 0 Å². The molecule has 0 aromatic rings. The van der Waals surface area contributed by atoms with Gasteiger partial charge in [-0.25, -0.2) is 9.36 Å². The molecule has 0 aliphatic carbocycles. The number of quaternary nitrogens is 1. The van der Waals surface area contributed by atoms with E-state index in [0.29, 0.717) is 13.0 Å². The van der Waals surface area contributed by atoms with Crippen LogP contribution in [0.2, 0.25) is 0 Å². The van der Waals surface area contributed by atoms with Crippen molar-refractivity contribution in [1.29, 1.82) is 0 Å². The van der Waals surface area contributed by atoms with Gasteiger partial charge in [-0.3, -0.25) is 4.52 Å².